The summed E-state index contributed by atoms with van der Waals surface area (Å²) in [5, 5.41) is 2.70. The van der Waals surface area contributed by atoms with Crippen LogP contribution in [0.25, 0.3) is 0 Å². The summed E-state index contributed by atoms with van der Waals surface area (Å²) in [4.78, 5) is 12.9. The van der Waals surface area contributed by atoms with E-state index < -0.39 is 26.0 Å². The minimum atomic E-state index is -3.71. The molecule has 3 rings (SSSR count). The van der Waals surface area contributed by atoms with Gasteiger partial charge in [-0.1, -0.05) is 26.0 Å². The molecule has 8 nitrogen and oxygen atoms in total. The highest BCUT2D eigenvalue weighted by Gasteiger charge is 2.32. The lowest BCUT2D eigenvalue weighted by Gasteiger charge is -2.34. The molecular formula is C22H29N3O5S2. The van der Waals surface area contributed by atoms with Gasteiger partial charge in [0.25, 0.3) is 5.91 Å². The average Bonchev–Trinajstić information content (AvgIpc) is 2.69. The monoisotopic (exact) mass is 479 g/mol. The summed E-state index contributed by atoms with van der Waals surface area (Å²) < 4.78 is 53.3. The van der Waals surface area contributed by atoms with Gasteiger partial charge in [-0.15, -0.1) is 0 Å². The lowest BCUT2D eigenvalue weighted by Crippen LogP contribution is -2.42. The van der Waals surface area contributed by atoms with Crippen molar-refractivity contribution in [2.75, 3.05) is 29.4 Å². The molecule has 0 bridgehead atoms. The SMILES string of the molecule is Cc1ccc(NC(=O)c2cccc(S(=O)(=O)N3CC(C)CC(C)C3)c2)cc1NS(C)(=O)=O. The first-order valence-corrected chi connectivity index (χ1v) is 13.7. The molecule has 2 aromatic carbocycles. The van der Waals surface area contributed by atoms with E-state index in [4.69, 9.17) is 0 Å². The van der Waals surface area contributed by atoms with Crippen LogP contribution in [0.1, 0.15) is 36.2 Å². The fourth-order valence-electron chi connectivity index (χ4n) is 3.96. The fourth-order valence-corrected chi connectivity index (χ4v) is 6.31. The van der Waals surface area contributed by atoms with Crippen molar-refractivity contribution < 1.29 is 21.6 Å². The highest BCUT2D eigenvalue weighted by molar-refractivity contribution is 7.92. The maximum absolute atomic E-state index is 13.2. The number of nitrogens with zero attached hydrogens (tertiary/aromatic N) is 1. The Morgan fingerprint density at radius 1 is 1.00 bits per heavy atom. The van der Waals surface area contributed by atoms with Crippen molar-refractivity contribution in [1.82, 2.24) is 4.31 Å². The Kier molecular flexibility index (Phi) is 6.97. The van der Waals surface area contributed by atoms with Crippen molar-refractivity contribution in [3.05, 3.63) is 53.6 Å². The molecular weight excluding hydrogens is 450 g/mol. The molecule has 174 valence electrons. The van der Waals surface area contributed by atoms with Gasteiger partial charge < -0.3 is 5.32 Å². The van der Waals surface area contributed by atoms with Crippen LogP contribution in [0.2, 0.25) is 0 Å². The normalized spacial score (nSPS) is 20.0. The molecule has 1 heterocycles. The molecule has 1 fully saturated rings. The zero-order valence-corrected chi connectivity index (χ0v) is 20.3. The molecule has 0 aliphatic carbocycles. The fraction of sp³-hybridized carbons (Fsp3) is 0.409. The van der Waals surface area contributed by atoms with Crippen LogP contribution in [0.5, 0.6) is 0 Å². The van der Waals surface area contributed by atoms with Crippen LogP contribution < -0.4 is 10.0 Å². The van der Waals surface area contributed by atoms with Crippen molar-refractivity contribution in [1.29, 1.82) is 0 Å². The van der Waals surface area contributed by atoms with E-state index in [1.54, 1.807) is 31.2 Å². The van der Waals surface area contributed by atoms with Gasteiger partial charge >= 0.3 is 0 Å². The van der Waals surface area contributed by atoms with Crippen LogP contribution in [0.15, 0.2) is 47.4 Å². The summed E-state index contributed by atoms with van der Waals surface area (Å²) in [6.45, 7) is 6.74. The number of sulfonamides is 2. The number of hydrogen-bond donors (Lipinski definition) is 2. The van der Waals surface area contributed by atoms with E-state index >= 15 is 0 Å². The molecule has 1 amide bonds. The predicted octanol–water partition coefficient (Wildman–Crippen LogP) is 3.29. The van der Waals surface area contributed by atoms with Gasteiger partial charge in [0.1, 0.15) is 0 Å². The number of piperidine rings is 1. The molecule has 0 saturated carbocycles. The Bertz CT molecular complexity index is 1220. The summed E-state index contributed by atoms with van der Waals surface area (Å²) in [6.07, 6.45) is 2.04. The number of rotatable bonds is 6. The van der Waals surface area contributed by atoms with Crippen LogP contribution in [0.4, 0.5) is 11.4 Å². The average molecular weight is 480 g/mol. The smallest absolute Gasteiger partial charge is 0.255 e. The highest BCUT2D eigenvalue weighted by Crippen LogP contribution is 2.27. The van der Waals surface area contributed by atoms with Crippen molar-refractivity contribution in [2.24, 2.45) is 11.8 Å². The van der Waals surface area contributed by atoms with Gasteiger partial charge in [-0.05, 0) is 61.1 Å². The minimum Gasteiger partial charge on any atom is -0.322 e. The van der Waals surface area contributed by atoms with Gasteiger partial charge in [0, 0.05) is 24.3 Å². The quantitative estimate of drug-likeness (QED) is 0.660. The van der Waals surface area contributed by atoms with Crippen molar-refractivity contribution in [3.8, 4) is 0 Å². The standard InChI is InChI=1S/C22H29N3O5S2/c1-15-10-16(2)14-25(13-15)32(29,30)20-7-5-6-18(11-20)22(26)23-19-9-8-17(3)21(12-19)24-31(4,27)28/h5-9,11-12,15-16,24H,10,13-14H2,1-4H3,(H,23,26). The molecule has 1 aliphatic rings. The van der Waals surface area contributed by atoms with Gasteiger partial charge in [-0.3, -0.25) is 9.52 Å². The van der Waals surface area contributed by atoms with E-state index in [2.05, 4.69) is 10.0 Å². The number of carbonyl (C=O) groups excluding carboxylic acids is 1. The first-order valence-electron chi connectivity index (χ1n) is 10.3. The highest BCUT2D eigenvalue weighted by atomic mass is 32.2. The topological polar surface area (TPSA) is 113 Å². The van der Waals surface area contributed by atoms with Crippen molar-refractivity contribution >= 4 is 37.3 Å². The van der Waals surface area contributed by atoms with E-state index in [0.717, 1.165) is 12.7 Å². The summed E-state index contributed by atoms with van der Waals surface area (Å²) in [7, 11) is -7.18. The Morgan fingerprint density at radius 3 is 2.28 bits per heavy atom. The van der Waals surface area contributed by atoms with E-state index in [0.29, 0.717) is 30.0 Å². The molecule has 0 spiro atoms. The largest absolute Gasteiger partial charge is 0.322 e. The second-order valence-electron chi connectivity index (χ2n) is 8.65. The molecule has 32 heavy (non-hydrogen) atoms. The number of benzene rings is 2. The van der Waals surface area contributed by atoms with Gasteiger partial charge in [0.15, 0.2) is 0 Å². The number of carbonyl (C=O) groups is 1. The molecule has 0 aromatic heterocycles. The van der Waals surface area contributed by atoms with Gasteiger partial charge in [0.2, 0.25) is 20.0 Å². The van der Waals surface area contributed by atoms with Crippen LogP contribution >= 0.6 is 0 Å². The third-order valence-corrected chi connectivity index (χ3v) is 7.78. The van der Waals surface area contributed by atoms with Crippen LogP contribution in [0.3, 0.4) is 0 Å². The van der Waals surface area contributed by atoms with Gasteiger partial charge in [-0.2, -0.15) is 4.31 Å². The maximum atomic E-state index is 13.2. The second kappa shape index (κ2) is 9.21. The zero-order valence-electron chi connectivity index (χ0n) is 18.6. The lowest BCUT2D eigenvalue weighted by atomic mass is 9.94. The van der Waals surface area contributed by atoms with Gasteiger partial charge in [-0.25, -0.2) is 16.8 Å². The number of nitrogens with one attached hydrogen (secondary N) is 2. The second-order valence-corrected chi connectivity index (χ2v) is 12.3. The third-order valence-electron chi connectivity index (χ3n) is 5.36. The first-order chi connectivity index (χ1) is 14.8. The van der Waals surface area contributed by atoms with Crippen molar-refractivity contribution in [2.45, 2.75) is 32.1 Å². The van der Waals surface area contributed by atoms with Crippen LogP contribution in [-0.2, 0) is 20.0 Å². The lowest BCUT2D eigenvalue weighted by molar-refractivity contribution is 0.102. The number of hydrogen-bond acceptors (Lipinski definition) is 5. The summed E-state index contributed by atoms with van der Waals surface area (Å²) in [5.41, 5.74) is 1.64. The van der Waals surface area contributed by atoms with E-state index in [9.17, 15) is 21.6 Å². The third kappa shape index (κ3) is 5.87. The van der Waals surface area contributed by atoms with Crippen LogP contribution in [0, 0.1) is 18.8 Å². The maximum Gasteiger partial charge on any atom is 0.255 e. The van der Waals surface area contributed by atoms with E-state index in [-0.39, 0.29) is 22.3 Å². The first kappa shape index (κ1) is 24.2. The summed E-state index contributed by atoms with van der Waals surface area (Å²) >= 11 is 0. The molecule has 2 N–H and O–H groups in total. The Balaban J connectivity index is 1.82. The molecule has 2 aromatic rings. The number of aryl methyl sites for hydroxylation is 1. The molecule has 2 atom stereocenters. The molecule has 1 aliphatic heterocycles. The summed E-state index contributed by atoms with van der Waals surface area (Å²) in [6, 6.07) is 10.8. The molecule has 10 heteroatoms. The molecule has 1 saturated heterocycles. The number of anilines is 2. The zero-order chi connectivity index (χ0) is 23.7. The minimum absolute atomic E-state index is 0.0785. The van der Waals surface area contributed by atoms with E-state index in [1.165, 1.54) is 22.5 Å². The molecule has 0 radical (unpaired) electrons. The Labute approximate surface area is 190 Å². The van der Waals surface area contributed by atoms with E-state index in [1.807, 2.05) is 13.8 Å². The van der Waals surface area contributed by atoms with Gasteiger partial charge in [0.05, 0.1) is 16.8 Å². The predicted molar refractivity (Wildman–Crippen MR) is 126 cm³/mol. The Morgan fingerprint density at radius 2 is 1.66 bits per heavy atom. The Hall–Kier alpha value is -2.43. The molecule has 2 unspecified atom stereocenters. The number of amides is 1. The van der Waals surface area contributed by atoms with Crippen LogP contribution in [-0.4, -0.2) is 46.4 Å². The van der Waals surface area contributed by atoms with Crippen molar-refractivity contribution in [3.63, 3.8) is 0 Å². The summed E-state index contributed by atoms with van der Waals surface area (Å²) in [5.74, 6) is 0.0594.